The Labute approximate surface area is 110 Å². The summed E-state index contributed by atoms with van der Waals surface area (Å²) in [5.74, 6) is 0.749. The van der Waals surface area contributed by atoms with Crippen molar-refractivity contribution in [3.8, 4) is 0 Å². The average Bonchev–Trinajstić information content (AvgIpc) is 2.30. The second kappa shape index (κ2) is 6.35. The molecule has 1 saturated carbocycles. The van der Waals surface area contributed by atoms with Crippen molar-refractivity contribution in [2.75, 3.05) is 6.54 Å². The van der Waals surface area contributed by atoms with Crippen LogP contribution in [0.1, 0.15) is 42.4 Å². The predicted octanol–water partition coefficient (Wildman–Crippen LogP) is 2.94. The van der Waals surface area contributed by atoms with Crippen molar-refractivity contribution in [3.05, 3.63) is 34.9 Å². The minimum atomic E-state index is -0.0410. The van der Waals surface area contributed by atoms with E-state index < -0.39 is 0 Å². The monoisotopic (exact) mass is 247 g/mol. The Morgan fingerprint density at radius 3 is 2.28 bits per heavy atom. The molecule has 1 aliphatic carbocycles. The molecule has 1 fully saturated rings. The van der Waals surface area contributed by atoms with Gasteiger partial charge in [0, 0.05) is 6.54 Å². The lowest BCUT2D eigenvalue weighted by atomic mass is 9.87. The van der Waals surface area contributed by atoms with Gasteiger partial charge < -0.3 is 10.4 Å². The zero-order valence-electron chi connectivity index (χ0n) is 11.6. The minimum absolute atomic E-state index is 0.0410. The zero-order valence-corrected chi connectivity index (χ0v) is 11.6. The minimum Gasteiger partial charge on any atom is -0.393 e. The van der Waals surface area contributed by atoms with E-state index in [0.717, 1.165) is 31.8 Å². The Balaban J connectivity index is 1.74. The van der Waals surface area contributed by atoms with Crippen LogP contribution in [0.3, 0.4) is 0 Å². The van der Waals surface area contributed by atoms with Gasteiger partial charge in [0.15, 0.2) is 0 Å². The summed E-state index contributed by atoms with van der Waals surface area (Å²) in [6.07, 6.45) is 4.26. The van der Waals surface area contributed by atoms with Gasteiger partial charge in [0.1, 0.15) is 0 Å². The van der Waals surface area contributed by atoms with Gasteiger partial charge >= 0.3 is 0 Å². The molecule has 2 heteroatoms. The van der Waals surface area contributed by atoms with E-state index in [0.29, 0.717) is 0 Å². The number of hydrogen-bond acceptors (Lipinski definition) is 2. The van der Waals surface area contributed by atoms with Crippen LogP contribution in [0.15, 0.2) is 18.2 Å². The van der Waals surface area contributed by atoms with Crippen molar-refractivity contribution in [2.45, 2.75) is 52.2 Å². The fourth-order valence-corrected chi connectivity index (χ4v) is 2.94. The highest BCUT2D eigenvalue weighted by molar-refractivity contribution is 5.28. The van der Waals surface area contributed by atoms with Crippen LogP contribution in [0, 0.1) is 19.8 Å². The third-order valence-electron chi connectivity index (χ3n) is 3.86. The molecule has 0 aliphatic heterocycles. The number of aryl methyl sites for hydroxylation is 2. The Hall–Kier alpha value is -0.860. The Morgan fingerprint density at radius 1 is 1.06 bits per heavy atom. The molecule has 0 bridgehead atoms. The van der Waals surface area contributed by atoms with E-state index in [2.05, 4.69) is 37.4 Å². The lowest BCUT2D eigenvalue weighted by Crippen LogP contribution is -2.27. The van der Waals surface area contributed by atoms with Gasteiger partial charge in [0.2, 0.25) is 0 Å². The number of aliphatic hydroxyl groups is 1. The topological polar surface area (TPSA) is 32.3 Å². The molecule has 0 aromatic heterocycles. The van der Waals surface area contributed by atoms with Crippen LogP contribution in [-0.2, 0) is 6.54 Å². The second-order valence-corrected chi connectivity index (χ2v) is 5.80. The summed E-state index contributed by atoms with van der Waals surface area (Å²) < 4.78 is 0. The fraction of sp³-hybridized carbons (Fsp3) is 0.625. The molecule has 2 N–H and O–H groups in total. The van der Waals surface area contributed by atoms with E-state index >= 15 is 0 Å². The van der Waals surface area contributed by atoms with Gasteiger partial charge in [-0.25, -0.2) is 0 Å². The van der Waals surface area contributed by atoms with E-state index in [9.17, 15) is 5.11 Å². The van der Waals surface area contributed by atoms with Crippen molar-refractivity contribution in [1.82, 2.24) is 5.32 Å². The first-order chi connectivity index (χ1) is 8.63. The highest BCUT2D eigenvalue weighted by Crippen LogP contribution is 2.23. The smallest absolute Gasteiger partial charge is 0.0540 e. The molecule has 0 heterocycles. The third kappa shape index (κ3) is 4.11. The van der Waals surface area contributed by atoms with Crippen LogP contribution in [0.25, 0.3) is 0 Å². The van der Waals surface area contributed by atoms with Crippen molar-refractivity contribution in [1.29, 1.82) is 0 Å². The highest BCUT2D eigenvalue weighted by Gasteiger charge is 2.18. The van der Waals surface area contributed by atoms with Crippen LogP contribution in [0.4, 0.5) is 0 Å². The normalized spacial score (nSPS) is 24.2. The van der Waals surface area contributed by atoms with Crippen LogP contribution in [0.5, 0.6) is 0 Å². The maximum absolute atomic E-state index is 9.47. The maximum Gasteiger partial charge on any atom is 0.0540 e. The lowest BCUT2D eigenvalue weighted by molar-refractivity contribution is 0.108. The van der Waals surface area contributed by atoms with Crippen LogP contribution in [0.2, 0.25) is 0 Å². The van der Waals surface area contributed by atoms with Gasteiger partial charge in [-0.05, 0) is 57.6 Å². The summed E-state index contributed by atoms with van der Waals surface area (Å²) in [5.41, 5.74) is 4.06. The van der Waals surface area contributed by atoms with Crippen molar-refractivity contribution in [3.63, 3.8) is 0 Å². The maximum atomic E-state index is 9.47. The van der Waals surface area contributed by atoms with E-state index in [1.165, 1.54) is 29.5 Å². The first-order valence-corrected chi connectivity index (χ1v) is 7.09. The van der Waals surface area contributed by atoms with Gasteiger partial charge in [-0.15, -0.1) is 0 Å². The largest absolute Gasteiger partial charge is 0.393 e. The van der Waals surface area contributed by atoms with E-state index in [1.807, 2.05) is 0 Å². The summed E-state index contributed by atoms with van der Waals surface area (Å²) in [6, 6.07) is 6.72. The molecule has 18 heavy (non-hydrogen) atoms. The van der Waals surface area contributed by atoms with Gasteiger partial charge in [0.05, 0.1) is 6.10 Å². The molecule has 0 amide bonds. The van der Waals surface area contributed by atoms with Crippen molar-refractivity contribution in [2.24, 2.45) is 5.92 Å². The molecule has 1 aromatic carbocycles. The molecule has 2 rings (SSSR count). The Bertz CT molecular complexity index is 360. The number of hydrogen-bond donors (Lipinski definition) is 2. The molecule has 0 unspecified atom stereocenters. The predicted molar refractivity (Wildman–Crippen MR) is 75.6 cm³/mol. The van der Waals surface area contributed by atoms with Gasteiger partial charge in [-0.2, -0.15) is 0 Å². The number of benzene rings is 1. The molecule has 0 spiro atoms. The van der Waals surface area contributed by atoms with E-state index in [4.69, 9.17) is 0 Å². The summed E-state index contributed by atoms with van der Waals surface area (Å²) >= 11 is 0. The molecule has 2 nitrogen and oxygen atoms in total. The van der Waals surface area contributed by atoms with Crippen molar-refractivity contribution >= 4 is 0 Å². The Kier molecular flexibility index (Phi) is 4.79. The van der Waals surface area contributed by atoms with Gasteiger partial charge in [-0.3, -0.25) is 0 Å². The quantitative estimate of drug-likeness (QED) is 0.857. The molecule has 0 atom stereocenters. The van der Waals surface area contributed by atoms with Gasteiger partial charge in [0.25, 0.3) is 0 Å². The third-order valence-corrected chi connectivity index (χ3v) is 3.86. The SMILES string of the molecule is Cc1cc(C)cc(CNCC2CCC(O)CC2)c1. The molecule has 0 radical (unpaired) electrons. The summed E-state index contributed by atoms with van der Waals surface area (Å²) in [7, 11) is 0. The molecule has 1 aliphatic rings. The second-order valence-electron chi connectivity index (χ2n) is 5.80. The molecule has 0 saturated heterocycles. The average molecular weight is 247 g/mol. The first-order valence-electron chi connectivity index (χ1n) is 7.09. The summed E-state index contributed by atoms with van der Waals surface area (Å²) in [4.78, 5) is 0. The van der Waals surface area contributed by atoms with E-state index in [1.54, 1.807) is 0 Å². The molecule has 1 aromatic rings. The van der Waals surface area contributed by atoms with Crippen LogP contribution < -0.4 is 5.32 Å². The molecular weight excluding hydrogens is 222 g/mol. The lowest BCUT2D eigenvalue weighted by Gasteiger charge is -2.25. The fourth-order valence-electron chi connectivity index (χ4n) is 2.94. The standard InChI is InChI=1S/C16H25NO/c1-12-7-13(2)9-15(8-12)11-17-10-14-3-5-16(18)6-4-14/h7-9,14,16-18H,3-6,10-11H2,1-2H3. The van der Waals surface area contributed by atoms with Crippen molar-refractivity contribution < 1.29 is 5.11 Å². The summed E-state index contributed by atoms with van der Waals surface area (Å²) in [6.45, 7) is 6.35. The first kappa shape index (κ1) is 13.6. The van der Waals surface area contributed by atoms with Crippen LogP contribution in [-0.4, -0.2) is 17.8 Å². The number of nitrogens with one attached hydrogen (secondary N) is 1. The molecular formula is C16H25NO. The summed E-state index contributed by atoms with van der Waals surface area (Å²) in [5, 5.41) is 13.0. The number of rotatable bonds is 4. The van der Waals surface area contributed by atoms with Crippen LogP contribution >= 0.6 is 0 Å². The Morgan fingerprint density at radius 2 is 1.67 bits per heavy atom. The van der Waals surface area contributed by atoms with Gasteiger partial charge in [-0.1, -0.05) is 29.3 Å². The van der Waals surface area contributed by atoms with E-state index in [-0.39, 0.29) is 6.10 Å². The molecule has 100 valence electrons. The zero-order chi connectivity index (χ0) is 13.0. The highest BCUT2D eigenvalue weighted by atomic mass is 16.3. The number of aliphatic hydroxyl groups excluding tert-OH is 1.